The molecule has 2 aromatic heterocycles. The maximum Gasteiger partial charge on any atom is 0.187 e. The second-order valence-electron chi connectivity index (χ2n) is 4.79. The normalized spacial score (nSPS) is 10.5. The van der Waals surface area contributed by atoms with Crippen LogP contribution in [0, 0.1) is 13.8 Å². The quantitative estimate of drug-likeness (QED) is 0.787. The summed E-state index contributed by atoms with van der Waals surface area (Å²) in [6.45, 7) is 5.97. The van der Waals surface area contributed by atoms with Gasteiger partial charge >= 0.3 is 0 Å². The predicted molar refractivity (Wildman–Crippen MR) is 75.4 cm³/mol. The van der Waals surface area contributed by atoms with Crippen molar-refractivity contribution in [1.29, 1.82) is 0 Å². The molecule has 0 aliphatic rings. The van der Waals surface area contributed by atoms with Gasteiger partial charge in [-0.1, -0.05) is 19.1 Å². The van der Waals surface area contributed by atoms with Crippen molar-refractivity contribution in [1.82, 2.24) is 9.97 Å². The van der Waals surface area contributed by atoms with Gasteiger partial charge in [-0.2, -0.15) is 0 Å². The monoisotopic (exact) mass is 254 g/mol. The Morgan fingerprint density at radius 3 is 2.53 bits per heavy atom. The van der Waals surface area contributed by atoms with Crippen molar-refractivity contribution in [3.05, 3.63) is 58.7 Å². The Morgan fingerprint density at radius 1 is 1.16 bits per heavy atom. The highest BCUT2D eigenvalue weighted by Gasteiger charge is 2.12. The summed E-state index contributed by atoms with van der Waals surface area (Å²) < 4.78 is 0. The maximum absolute atomic E-state index is 12.2. The highest BCUT2D eigenvalue weighted by atomic mass is 16.1. The summed E-state index contributed by atoms with van der Waals surface area (Å²) in [4.78, 5) is 20.7. The summed E-state index contributed by atoms with van der Waals surface area (Å²) in [6.07, 6.45) is 4.83. The standard InChI is InChI=1S/C16H18N2O/c1-4-13-5-6-14(17-10-13)8-15(19)16-12(3)7-11(2)9-18-16/h5-7,9-10H,4,8H2,1-3H3. The molecule has 0 unspecified atom stereocenters. The summed E-state index contributed by atoms with van der Waals surface area (Å²) in [7, 11) is 0. The minimum atomic E-state index is 0.0225. The average molecular weight is 254 g/mol. The highest BCUT2D eigenvalue weighted by Crippen LogP contribution is 2.11. The first-order valence-corrected chi connectivity index (χ1v) is 6.50. The first-order valence-electron chi connectivity index (χ1n) is 6.50. The van der Waals surface area contributed by atoms with E-state index in [1.807, 2.05) is 38.2 Å². The fourth-order valence-electron chi connectivity index (χ4n) is 2.02. The molecule has 0 fully saturated rings. The second kappa shape index (κ2) is 5.74. The van der Waals surface area contributed by atoms with E-state index in [1.54, 1.807) is 6.20 Å². The lowest BCUT2D eigenvalue weighted by atomic mass is 10.1. The third-order valence-corrected chi connectivity index (χ3v) is 3.12. The van der Waals surface area contributed by atoms with E-state index in [0.717, 1.165) is 23.2 Å². The van der Waals surface area contributed by atoms with Gasteiger partial charge in [0.25, 0.3) is 0 Å². The van der Waals surface area contributed by atoms with Crippen LogP contribution in [-0.4, -0.2) is 15.8 Å². The Hall–Kier alpha value is -2.03. The fraction of sp³-hybridized carbons (Fsp3) is 0.312. The van der Waals surface area contributed by atoms with E-state index in [0.29, 0.717) is 12.1 Å². The first-order chi connectivity index (χ1) is 9.10. The van der Waals surface area contributed by atoms with Crippen molar-refractivity contribution in [3.8, 4) is 0 Å². The average Bonchev–Trinajstić information content (AvgIpc) is 2.39. The Kier molecular flexibility index (Phi) is 4.05. The van der Waals surface area contributed by atoms with Crippen molar-refractivity contribution < 1.29 is 4.79 Å². The van der Waals surface area contributed by atoms with Crippen LogP contribution in [-0.2, 0) is 12.8 Å². The lowest BCUT2D eigenvalue weighted by Gasteiger charge is -2.05. The minimum absolute atomic E-state index is 0.0225. The number of Topliss-reactive ketones (excluding diaryl/α,β-unsaturated/α-hetero) is 1. The topological polar surface area (TPSA) is 42.9 Å². The van der Waals surface area contributed by atoms with Gasteiger partial charge in [-0.3, -0.25) is 14.8 Å². The van der Waals surface area contributed by atoms with Crippen LogP contribution in [0.15, 0.2) is 30.6 Å². The first kappa shape index (κ1) is 13.4. The summed E-state index contributed by atoms with van der Waals surface area (Å²) in [6, 6.07) is 5.92. The molecule has 2 rings (SSSR count). The van der Waals surface area contributed by atoms with E-state index in [2.05, 4.69) is 16.9 Å². The zero-order valence-electron chi connectivity index (χ0n) is 11.6. The number of hydrogen-bond donors (Lipinski definition) is 0. The molecule has 0 N–H and O–H groups in total. The minimum Gasteiger partial charge on any atom is -0.292 e. The molecule has 2 aromatic rings. The molecule has 2 heterocycles. The van der Waals surface area contributed by atoms with Gasteiger partial charge in [-0.05, 0) is 43.0 Å². The van der Waals surface area contributed by atoms with Crippen molar-refractivity contribution in [2.45, 2.75) is 33.6 Å². The molecule has 0 bridgehead atoms. The fourth-order valence-corrected chi connectivity index (χ4v) is 2.02. The van der Waals surface area contributed by atoms with Gasteiger partial charge < -0.3 is 0 Å². The van der Waals surface area contributed by atoms with Gasteiger partial charge in [0.15, 0.2) is 5.78 Å². The molecule has 98 valence electrons. The summed E-state index contributed by atoms with van der Waals surface area (Å²) in [5, 5.41) is 0. The van der Waals surface area contributed by atoms with Gasteiger partial charge in [-0.25, -0.2) is 0 Å². The lowest BCUT2D eigenvalue weighted by Crippen LogP contribution is -2.09. The van der Waals surface area contributed by atoms with Crippen molar-refractivity contribution >= 4 is 5.78 Å². The summed E-state index contributed by atoms with van der Waals surface area (Å²) in [5.74, 6) is 0.0225. The Balaban J connectivity index is 2.15. The van der Waals surface area contributed by atoms with Crippen molar-refractivity contribution in [2.24, 2.45) is 0 Å². The molecule has 0 aromatic carbocycles. The van der Waals surface area contributed by atoms with Crippen LogP contribution in [0.4, 0.5) is 0 Å². The molecule has 0 amide bonds. The van der Waals surface area contributed by atoms with Crippen molar-refractivity contribution in [3.63, 3.8) is 0 Å². The van der Waals surface area contributed by atoms with Crippen LogP contribution in [0.25, 0.3) is 0 Å². The van der Waals surface area contributed by atoms with Gasteiger partial charge in [0, 0.05) is 18.1 Å². The molecule has 0 aliphatic carbocycles. The van der Waals surface area contributed by atoms with Gasteiger partial charge in [-0.15, -0.1) is 0 Å². The lowest BCUT2D eigenvalue weighted by molar-refractivity contribution is 0.0986. The number of nitrogens with zero attached hydrogens (tertiary/aromatic N) is 2. The van der Waals surface area contributed by atoms with Gasteiger partial charge in [0.05, 0.1) is 6.42 Å². The number of rotatable bonds is 4. The molecular weight excluding hydrogens is 236 g/mol. The van der Waals surface area contributed by atoms with Crippen LogP contribution in [0.2, 0.25) is 0 Å². The largest absolute Gasteiger partial charge is 0.292 e. The summed E-state index contributed by atoms with van der Waals surface area (Å²) in [5.41, 5.74) is 4.52. The molecule has 0 aliphatic heterocycles. The van der Waals surface area contributed by atoms with E-state index in [9.17, 15) is 4.79 Å². The summed E-state index contributed by atoms with van der Waals surface area (Å²) >= 11 is 0. The van der Waals surface area contributed by atoms with Crippen molar-refractivity contribution in [2.75, 3.05) is 0 Å². The third-order valence-electron chi connectivity index (χ3n) is 3.12. The molecule has 0 spiro atoms. The van der Waals surface area contributed by atoms with Crippen LogP contribution < -0.4 is 0 Å². The smallest absolute Gasteiger partial charge is 0.187 e. The molecule has 0 saturated carbocycles. The Labute approximate surface area is 113 Å². The van der Waals surface area contributed by atoms with Crippen LogP contribution in [0.3, 0.4) is 0 Å². The van der Waals surface area contributed by atoms with Gasteiger partial charge in [0.1, 0.15) is 5.69 Å². The highest BCUT2D eigenvalue weighted by molar-refractivity contribution is 5.96. The molecule has 0 atom stereocenters. The number of carbonyl (C=O) groups excluding carboxylic acids is 1. The number of pyridine rings is 2. The zero-order valence-corrected chi connectivity index (χ0v) is 11.6. The van der Waals surface area contributed by atoms with Crippen LogP contribution in [0.1, 0.15) is 39.8 Å². The SMILES string of the molecule is CCc1ccc(CC(=O)c2ncc(C)cc2C)nc1. The molecule has 19 heavy (non-hydrogen) atoms. The van der Waals surface area contributed by atoms with Crippen LogP contribution in [0.5, 0.6) is 0 Å². The number of aromatic nitrogens is 2. The molecule has 3 nitrogen and oxygen atoms in total. The van der Waals surface area contributed by atoms with E-state index in [-0.39, 0.29) is 5.78 Å². The molecular formula is C16H18N2O. The zero-order chi connectivity index (χ0) is 13.8. The number of hydrogen-bond acceptors (Lipinski definition) is 3. The van der Waals surface area contributed by atoms with E-state index < -0.39 is 0 Å². The molecule has 0 radical (unpaired) electrons. The van der Waals surface area contributed by atoms with E-state index in [1.165, 1.54) is 5.56 Å². The number of ketones is 1. The molecule has 3 heteroatoms. The maximum atomic E-state index is 12.2. The number of aryl methyl sites for hydroxylation is 3. The predicted octanol–water partition coefficient (Wildman–Crippen LogP) is 3.08. The van der Waals surface area contributed by atoms with Gasteiger partial charge in [0.2, 0.25) is 0 Å². The van der Waals surface area contributed by atoms with E-state index in [4.69, 9.17) is 0 Å². The third kappa shape index (κ3) is 3.25. The Morgan fingerprint density at radius 2 is 1.95 bits per heavy atom. The van der Waals surface area contributed by atoms with Crippen LogP contribution >= 0.6 is 0 Å². The molecule has 0 saturated heterocycles. The Bertz CT molecular complexity index is 588. The second-order valence-corrected chi connectivity index (χ2v) is 4.79. The number of carbonyl (C=O) groups is 1. The van der Waals surface area contributed by atoms with E-state index >= 15 is 0 Å².